The molecule has 0 aliphatic rings. The first kappa shape index (κ1) is 18.4. The second kappa shape index (κ2) is 8.79. The van der Waals surface area contributed by atoms with Gasteiger partial charge in [0.05, 0.1) is 17.2 Å². The van der Waals surface area contributed by atoms with Crippen molar-refractivity contribution in [3.05, 3.63) is 41.8 Å². The number of anilines is 1. The largest absolute Gasteiger partial charge is 0.460 e. The highest BCUT2D eigenvalue weighted by molar-refractivity contribution is 7.13. The fourth-order valence-electron chi connectivity index (χ4n) is 2.20. The molecular weight excluding hydrogens is 376 g/mol. The summed E-state index contributed by atoms with van der Waals surface area (Å²) >= 11 is 7.07. The Kier molecular flexibility index (Phi) is 6.21. The van der Waals surface area contributed by atoms with E-state index < -0.39 is 0 Å². The highest BCUT2D eigenvalue weighted by Gasteiger charge is 2.15. The van der Waals surface area contributed by atoms with Crippen molar-refractivity contribution in [1.82, 2.24) is 14.8 Å². The molecule has 0 bridgehead atoms. The van der Waals surface area contributed by atoms with E-state index in [4.69, 9.17) is 21.1 Å². The van der Waals surface area contributed by atoms with Gasteiger partial charge in [-0.15, -0.1) is 28.0 Å². The molecular formula is C17H17ClN4O3S. The molecule has 2 aromatic heterocycles. The minimum Gasteiger partial charge on any atom is -0.460 e. The van der Waals surface area contributed by atoms with Crippen LogP contribution in [0.15, 0.2) is 41.8 Å². The average Bonchev–Trinajstić information content (AvgIpc) is 3.32. The quantitative estimate of drug-likeness (QED) is 0.470. The van der Waals surface area contributed by atoms with E-state index in [1.54, 1.807) is 35.3 Å². The van der Waals surface area contributed by atoms with Crippen molar-refractivity contribution in [1.29, 1.82) is 0 Å². The number of rotatable bonds is 8. The first-order valence-electron chi connectivity index (χ1n) is 7.80. The van der Waals surface area contributed by atoms with E-state index in [1.807, 2.05) is 29.6 Å². The molecule has 1 aromatic carbocycles. The molecule has 26 heavy (non-hydrogen) atoms. The van der Waals surface area contributed by atoms with E-state index >= 15 is 0 Å². The van der Waals surface area contributed by atoms with Crippen LogP contribution in [0.3, 0.4) is 0 Å². The zero-order valence-corrected chi connectivity index (χ0v) is 15.6. The summed E-state index contributed by atoms with van der Waals surface area (Å²) in [6.45, 7) is 0.825. The van der Waals surface area contributed by atoms with Crippen LogP contribution in [0.5, 0.6) is 6.01 Å². The van der Waals surface area contributed by atoms with Crippen molar-refractivity contribution >= 4 is 34.5 Å². The summed E-state index contributed by atoms with van der Waals surface area (Å²) in [7, 11) is 1.61. The fraction of sp³-hybridized carbons (Fsp3) is 0.235. The molecule has 136 valence electrons. The maximum atomic E-state index is 11.4. The lowest BCUT2D eigenvalue weighted by atomic mass is 10.2. The Labute approximate surface area is 159 Å². The SMILES string of the molecule is COCCOc1nc(-c2cccs2)n(-c2ccc(NC(=O)CCl)cc2)n1. The Morgan fingerprint density at radius 1 is 1.27 bits per heavy atom. The minimum atomic E-state index is -0.256. The number of thiophene rings is 1. The van der Waals surface area contributed by atoms with Crippen molar-refractivity contribution in [2.45, 2.75) is 0 Å². The van der Waals surface area contributed by atoms with Crippen LogP contribution in [0.25, 0.3) is 16.4 Å². The van der Waals surface area contributed by atoms with E-state index in [0.29, 0.717) is 24.7 Å². The molecule has 0 atom stereocenters. The molecule has 0 fully saturated rings. The minimum absolute atomic E-state index is 0.0878. The molecule has 0 spiro atoms. The predicted molar refractivity (Wildman–Crippen MR) is 101 cm³/mol. The summed E-state index contributed by atoms with van der Waals surface area (Å²) in [5, 5.41) is 9.12. The number of nitrogens with one attached hydrogen (secondary N) is 1. The first-order valence-corrected chi connectivity index (χ1v) is 9.21. The number of halogens is 1. The highest BCUT2D eigenvalue weighted by atomic mass is 35.5. The lowest BCUT2D eigenvalue weighted by Gasteiger charge is -2.07. The van der Waals surface area contributed by atoms with Gasteiger partial charge in [-0.1, -0.05) is 6.07 Å². The molecule has 0 radical (unpaired) electrons. The molecule has 9 heteroatoms. The Morgan fingerprint density at radius 3 is 2.73 bits per heavy atom. The fourth-order valence-corrected chi connectivity index (χ4v) is 2.96. The highest BCUT2D eigenvalue weighted by Crippen LogP contribution is 2.27. The molecule has 0 aliphatic heterocycles. The van der Waals surface area contributed by atoms with E-state index in [0.717, 1.165) is 10.6 Å². The first-order chi connectivity index (χ1) is 12.7. The summed E-state index contributed by atoms with van der Waals surface area (Å²) in [5.74, 6) is 0.341. The molecule has 1 N–H and O–H groups in total. The monoisotopic (exact) mass is 392 g/mol. The number of carbonyl (C=O) groups excluding carboxylic acids is 1. The van der Waals surface area contributed by atoms with E-state index in [1.165, 1.54) is 0 Å². The lowest BCUT2D eigenvalue weighted by molar-refractivity contribution is -0.113. The molecule has 0 aliphatic carbocycles. The Hall–Kier alpha value is -2.42. The summed E-state index contributed by atoms with van der Waals surface area (Å²) in [5.41, 5.74) is 1.46. The van der Waals surface area contributed by atoms with Crippen LogP contribution >= 0.6 is 22.9 Å². The third-order valence-corrected chi connectivity index (χ3v) is 4.47. The van der Waals surface area contributed by atoms with Crippen molar-refractivity contribution < 1.29 is 14.3 Å². The van der Waals surface area contributed by atoms with Gasteiger partial charge in [0.25, 0.3) is 0 Å². The van der Waals surface area contributed by atoms with E-state index in [-0.39, 0.29) is 17.8 Å². The third-order valence-electron chi connectivity index (χ3n) is 3.36. The van der Waals surface area contributed by atoms with Gasteiger partial charge in [0.15, 0.2) is 5.82 Å². The van der Waals surface area contributed by atoms with Gasteiger partial charge >= 0.3 is 6.01 Å². The number of aromatic nitrogens is 3. The lowest BCUT2D eigenvalue weighted by Crippen LogP contribution is -2.12. The molecule has 2 heterocycles. The number of amides is 1. The molecule has 1 amide bonds. The number of methoxy groups -OCH3 is 1. The molecule has 3 aromatic rings. The molecule has 7 nitrogen and oxygen atoms in total. The van der Waals surface area contributed by atoms with Crippen LogP contribution < -0.4 is 10.1 Å². The number of hydrogen-bond acceptors (Lipinski definition) is 6. The number of benzene rings is 1. The number of ether oxygens (including phenoxy) is 2. The Morgan fingerprint density at radius 2 is 2.08 bits per heavy atom. The molecule has 0 saturated heterocycles. The molecule has 3 rings (SSSR count). The Balaban J connectivity index is 1.88. The number of nitrogens with zero attached hydrogens (tertiary/aromatic N) is 3. The van der Waals surface area contributed by atoms with Crippen LogP contribution in [-0.2, 0) is 9.53 Å². The summed E-state index contributed by atoms with van der Waals surface area (Å²) in [4.78, 5) is 16.8. The van der Waals surface area contributed by atoms with Crippen LogP contribution in [0.1, 0.15) is 0 Å². The van der Waals surface area contributed by atoms with Gasteiger partial charge in [-0.2, -0.15) is 4.98 Å². The van der Waals surface area contributed by atoms with Crippen molar-refractivity contribution in [3.63, 3.8) is 0 Å². The van der Waals surface area contributed by atoms with Crippen LogP contribution in [0.4, 0.5) is 5.69 Å². The van der Waals surface area contributed by atoms with Crippen LogP contribution in [-0.4, -0.2) is 46.9 Å². The second-order valence-corrected chi connectivity index (χ2v) is 6.39. The third kappa shape index (κ3) is 4.40. The average molecular weight is 393 g/mol. The molecule has 0 unspecified atom stereocenters. The standard InChI is InChI=1S/C17H17ClN4O3S/c1-24-8-9-25-17-20-16(14-3-2-10-26-14)22(21-17)13-6-4-12(5-7-13)19-15(23)11-18/h2-7,10H,8-9,11H2,1H3,(H,19,23). The van der Waals surface area contributed by atoms with Crippen molar-refractivity contribution in [3.8, 4) is 22.4 Å². The summed E-state index contributed by atoms with van der Waals surface area (Å²) in [6, 6.07) is 11.5. The predicted octanol–water partition coefficient (Wildman–Crippen LogP) is 3.20. The normalized spacial score (nSPS) is 10.7. The van der Waals surface area contributed by atoms with Gasteiger partial charge in [-0.3, -0.25) is 4.79 Å². The van der Waals surface area contributed by atoms with Gasteiger partial charge in [0.1, 0.15) is 12.5 Å². The van der Waals surface area contributed by atoms with Gasteiger partial charge in [-0.05, 0) is 35.7 Å². The topological polar surface area (TPSA) is 78.3 Å². The van der Waals surface area contributed by atoms with E-state index in [2.05, 4.69) is 15.4 Å². The van der Waals surface area contributed by atoms with Gasteiger partial charge in [0, 0.05) is 12.8 Å². The summed E-state index contributed by atoms with van der Waals surface area (Å²) < 4.78 is 12.2. The zero-order valence-electron chi connectivity index (χ0n) is 14.0. The van der Waals surface area contributed by atoms with E-state index in [9.17, 15) is 4.79 Å². The molecule has 0 saturated carbocycles. The van der Waals surface area contributed by atoms with Gasteiger partial charge < -0.3 is 14.8 Å². The van der Waals surface area contributed by atoms with Crippen LogP contribution in [0.2, 0.25) is 0 Å². The number of hydrogen-bond donors (Lipinski definition) is 1. The number of carbonyl (C=O) groups is 1. The van der Waals surface area contributed by atoms with Crippen molar-refractivity contribution in [2.24, 2.45) is 0 Å². The number of alkyl halides is 1. The Bertz CT molecular complexity index is 850. The smallest absolute Gasteiger partial charge is 0.336 e. The van der Waals surface area contributed by atoms with Crippen LogP contribution in [0, 0.1) is 0 Å². The van der Waals surface area contributed by atoms with Gasteiger partial charge in [0.2, 0.25) is 5.91 Å². The van der Waals surface area contributed by atoms with Gasteiger partial charge in [-0.25, -0.2) is 4.68 Å². The second-order valence-electron chi connectivity index (χ2n) is 5.18. The maximum Gasteiger partial charge on any atom is 0.336 e. The zero-order chi connectivity index (χ0) is 18.4. The summed E-state index contributed by atoms with van der Waals surface area (Å²) in [6.07, 6.45) is 0. The van der Waals surface area contributed by atoms with Crippen molar-refractivity contribution in [2.75, 3.05) is 31.5 Å². The maximum absolute atomic E-state index is 11.4.